The van der Waals surface area contributed by atoms with Crippen LogP contribution in [0.25, 0.3) is 20.9 Å². The topological polar surface area (TPSA) is 72.1 Å². The van der Waals surface area contributed by atoms with E-state index >= 15 is 0 Å². The molecular weight excluding hydrogens is 452 g/mol. The van der Waals surface area contributed by atoms with Gasteiger partial charge in [-0.05, 0) is 55.5 Å². The minimum Gasteiger partial charge on any atom is -0.339 e. The van der Waals surface area contributed by atoms with Gasteiger partial charge in [0.2, 0.25) is 17.6 Å². The molecule has 166 valence electrons. The highest BCUT2D eigenvalue weighted by Crippen LogP contribution is 2.36. The van der Waals surface area contributed by atoms with Crippen molar-refractivity contribution in [2.45, 2.75) is 33.1 Å². The lowest BCUT2D eigenvalue weighted by atomic mass is 10.1. The molecule has 0 bridgehead atoms. The number of thiophene rings is 1. The van der Waals surface area contributed by atoms with E-state index in [4.69, 9.17) is 9.51 Å². The number of rotatable bonds is 7. The number of thiazole rings is 1. The molecule has 0 fully saturated rings. The van der Waals surface area contributed by atoms with Gasteiger partial charge < -0.3 is 4.52 Å². The number of carbonyl (C=O) groups is 1. The first kappa shape index (κ1) is 21.5. The molecule has 0 atom stereocenters. The maximum absolute atomic E-state index is 13.5. The SMILES string of the molecule is Cc1ccc(N(C(=O)CCCc2nc(-c3cccs3)no2)c2nc3ccccc3s2)c(C)c1. The zero-order valence-corrected chi connectivity index (χ0v) is 19.9. The van der Waals surface area contributed by atoms with Crippen LogP contribution in [0.3, 0.4) is 0 Å². The van der Waals surface area contributed by atoms with E-state index in [1.807, 2.05) is 60.8 Å². The number of aromatic nitrogens is 3. The molecule has 0 aliphatic carbocycles. The van der Waals surface area contributed by atoms with Crippen LogP contribution in [0, 0.1) is 13.8 Å². The van der Waals surface area contributed by atoms with E-state index in [1.165, 1.54) is 11.3 Å². The lowest BCUT2D eigenvalue weighted by Crippen LogP contribution is -2.26. The average molecular weight is 475 g/mol. The fraction of sp³-hybridized carbons (Fsp3) is 0.200. The van der Waals surface area contributed by atoms with Gasteiger partial charge in [0.15, 0.2) is 5.13 Å². The van der Waals surface area contributed by atoms with E-state index in [9.17, 15) is 4.79 Å². The lowest BCUT2D eigenvalue weighted by Gasteiger charge is -2.22. The number of nitrogens with zero attached hydrogens (tertiary/aromatic N) is 4. The Kier molecular flexibility index (Phi) is 6.02. The second kappa shape index (κ2) is 9.25. The molecule has 0 saturated heterocycles. The summed E-state index contributed by atoms with van der Waals surface area (Å²) in [7, 11) is 0. The van der Waals surface area contributed by atoms with E-state index in [2.05, 4.69) is 23.1 Å². The molecule has 0 aliphatic rings. The smallest absolute Gasteiger partial charge is 0.233 e. The molecule has 0 saturated carbocycles. The Morgan fingerprint density at radius 1 is 1.06 bits per heavy atom. The normalized spacial score (nSPS) is 11.2. The van der Waals surface area contributed by atoms with Gasteiger partial charge in [0, 0.05) is 12.8 Å². The highest BCUT2D eigenvalue weighted by Gasteiger charge is 2.23. The number of hydrogen-bond acceptors (Lipinski definition) is 7. The third-order valence-corrected chi connectivity index (χ3v) is 7.19. The summed E-state index contributed by atoms with van der Waals surface area (Å²) in [4.78, 5) is 25.4. The quantitative estimate of drug-likeness (QED) is 0.262. The van der Waals surface area contributed by atoms with Gasteiger partial charge in [0.1, 0.15) is 0 Å². The van der Waals surface area contributed by atoms with Crippen molar-refractivity contribution < 1.29 is 9.32 Å². The van der Waals surface area contributed by atoms with Crippen molar-refractivity contribution in [3.63, 3.8) is 0 Å². The first-order valence-electron chi connectivity index (χ1n) is 10.7. The Hall–Kier alpha value is -3.36. The Morgan fingerprint density at radius 3 is 2.73 bits per heavy atom. The van der Waals surface area contributed by atoms with Crippen molar-refractivity contribution in [1.29, 1.82) is 0 Å². The summed E-state index contributed by atoms with van der Waals surface area (Å²) >= 11 is 3.10. The molecule has 33 heavy (non-hydrogen) atoms. The average Bonchev–Trinajstić information content (AvgIpc) is 3.56. The summed E-state index contributed by atoms with van der Waals surface area (Å²) in [5, 5.41) is 6.72. The zero-order chi connectivity index (χ0) is 22.8. The number of fused-ring (bicyclic) bond motifs is 1. The number of aryl methyl sites for hydroxylation is 3. The summed E-state index contributed by atoms with van der Waals surface area (Å²) in [5.41, 5.74) is 3.96. The lowest BCUT2D eigenvalue weighted by molar-refractivity contribution is -0.118. The molecule has 3 aromatic heterocycles. The van der Waals surface area contributed by atoms with Crippen molar-refractivity contribution >= 4 is 49.6 Å². The van der Waals surface area contributed by atoms with E-state index < -0.39 is 0 Å². The first-order chi connectivity index (χ1) is 16.1. The fourth-order valence-electron chi connectivity index (χ4n) is 3.72. The van der Waals surface area contributed by atoms with Crippen molar-refractivity contribution in [2.75, 3.05) is 4.90 Å². The van der Waals surface area contributed by atoms with Crippen LogP contribution < -0.4 is 4.90 Å². The molecule has 0 spiro atoms. The predicted octanol–water partition coefficient (Wildman–Crippen LogP) is 6.71. The largest absolute Gasteiger partial charge is 0.339 e. The molecule has 0 unspecified atom stereocenters. The Labute approximate surface area is 199 Å². The predicted molar refractivity (Wildman–Crippen MR) is 133 cm³/mol. The Balaban J connectivity index is 1.36. The summed E-state index contributed by atoms with van der Waals surface area (Å²) in [6.07, 6.45) is 1.50. The maximum Gasteiger partial charge on any atom is 0.233 e. The third kappa shape index (κ3) is 4.58. The van der Waals surface area contributed by atoms with Crippen LogP contribution in [0.4, 0.5) is 10.8 Å². The monoisotopic (exact) mass is 474 g/mol. The molecular formula is C25H22N4O2S2. The summed E-state index contributed by atoms with van der Waals surface area (Å²) in [5.74, 6) is 1.14. The van der Waals surface area contributed by atoms with Crippen LogP contribution in [0.1, 0.15) is 29.9 Å². The van der Waals surface area contributed by atoms with Crippen LogP contribution >= 0.6 is 22.7 Å². The summed E-state index contributed by atoms with van der Waals surface area (Å²) in [6.45, 7) is 4.08. The number of hydrogen-bond donors (Lipinski definition) is 0. The Morgan fingerprint density at radius 2 is 1.94 bits per heavy atom. The molecule has 6 nitrogen and oxygen atoms in total. The number of amides is 1. The van der Waals surface area contributed by atoms with E-state index in [0.717, 1.165) is 31.9 Å². The number of carbonyl (C=O) groups excluding carboxylic acids is 1. The minimum absolute atomic E-state index is 0.000922. The van der Waals surface area contributed by atoms with E-state index in [-0.39, 0.29) is 5.91 Å². The van der Waals surface area contributed by atoms with E-state index in [0.29, 0.717) is 36.1 Å². The maximum atomic E-state index is 13.5. The van der Waals surface area contributed by atoms with Crippen LogP contribution in [0.5, 0.6) is 0 Å². The highest BCUT2D eigenvalue weighted by atomic mass is 32.1. The van der Waals surface area contributed by atoms with Gasteiger partial charge >= 0.3 is 0 Å². The van der Waals surface area contributed by atoms with Gasteiger partial charge in [0.25, 0.3) is 0 Å². The van der Waals surface area contributed by atoms with Crippen molar-refractivity contribution in [3.8, 4) is 10.7 Å². The first-order valence-corrected chi connectivity index (χ1v) is 12.4. The second-order valence-electron chi connectivity index (χ2n) is 7.83. The molecule has 0 radical (unpaired) electrons. The number of anilines is 2. The molecule has 1 amide bonds. The minimum atomic E-state index is -0.000922. The number of para-hydroxylation sites is 1. The molecule has 3 heterocycles. The van der Waals surface area contributed by atoms with Crippen molar-refractivity contribution in [2.24, 2.45) is 0 Å². The third-order valence-electron chi connectivity index (χ3n) is 5.31. The van der Waals surface area contributed by atoms with Crippen molar-refractivity contribution in [1.82, 2.24) is 15.1 Å². The molecule has 0 N–H and O–H groups in total. The van der Waals surface area contributed by atoms with Gasteiger partial charge in [-0.3, -0.25) is 9.69 Å². The Bertz CT molecular complexity index is 1370. The van der Waals surface area contributed by atoms with Crippen LogP contribution in [-0.4, -0.2) is 21.0 Å². The van der Waals surface area contributed by atoms with Gasteiger partial charge in [-0.15, -0.1) is 11.3 Å². The molecule has 0 aliphatic heterocycles. The fourth-order valence-corrected chi connectivity index (χ4v) is 5.37. The van der Waals surface area contributed by atoms with E-state index in [1.54, 1.807) is 16.2 Å². The van der Waals surface area contributed by atoms with Gasteiger partial charge in [0.05, 0.1) is 20.8 Å². The van der Waals surface area contributed by atoms with Crippen molar-refractivity contribution in [3.05, 3.63) is 77.0 Å². The zero-order valence-electron chi connectivity index (χ0n) is 18.3. The second-order valence-corrected chi connectivity index (χ2v) is 9.78. The van der Waals surface area contributed by atoms with Crippen LogP contribution in [0.15, 0.2) is 64.5 Å². The van der Waals surface area contributed by atoms with Crippen LogP contribution in [0.2, 0.25) is 0 Å². The van der Waals surface area contributed by atoms with Gasteiger partial charge in [-0.1, -0.05) is 52.4 Å². The standard InChI is InChI=1S/C25H22N4O2S2/c1-16-12-13-19(17(2)15-16)29(25-26-18-7-3-4-8-20(18)33-25)23(30)11-5-10-22-27-24(28-31-22)21-9-6-14-32-21/h3-4,6-9,12-15H,5,10-11H2,1-2H3. The van der Waals surface area contributed by atoms with Crippen LogP contribution in [-0.2, 0) is 11.2 Å². The summed E-state index contributed by atoms with van der Waals surface area (Å²) in [6, 6.07) is 18.0. The molecule has 5 aromatic rings. The molecule has 2 aromatic carbocycles. The molecule has 8 heteroatoms. The van der Waals surface area contributed by atoms with Gasteiger partial charge in [-0.2, -0.15) is 4.98 Å². The molecule has 5 rings (SSSR count). The van der Waals surface area contributed by atoms with Gasteiger partial charge in [-0.25, -0.2) is 4.98 Å². The number of benzene rings is 2. The summed E-state index contributed by atoms with van der Waals surface area (Å²) < 4.78 is 6.44. The highest BCUT2D eigenvalue weighted by molar-refractivity contribution is 7.22.